The van der Waals surface area contributed by atoms with E-state index in [0.717, 1.165) is 16.0 Å². The summed E-state index contributed by atoms with van der Waals surface area (Å²) < 4.78 is 25.3. The Morgan fingerprint density at radius 2 is 1.46 bits per heavy atom. The molecule has 4 amide bonds. The first-order valence-corrected chi connectivity index (χ1v) is 13.5. The summed E-state index contributed by atoms with van der Waals surface area (Å²) in [6.45, 7) is 0.537. The van der Waals surface area contributed by atoms with Gasteiger partial charge in [0, 0.05) is 5.02 Å². The van der Waals surface area contributed by atoms with Crippen molar-refractivity contribution in [2.75, 3.05) is 4.90 Å². The number of halogens is 3. The van der Waals surface area contributed by atoms with Crippen molar-refractivity contribution in [3.63, 3.8) is 0 Å². The quantitative estimate of drug-likeness (QED) is 0.165. The van der Waals surface area contributed by atoms with Crippen LogP contribution in [0.2, 0.25) is 5.02 Å². The summed E-state index contributed by atoms with van der Waals surface area (Å²) in [5.74, 6) is -0.837. The van der Waals surface area contributed by atoms with E-state index in [1.54, 1.807) is 66.7 Å². The van der Waals surface area contributed by atoms with Gasteiger partial charge in [-0.05, 0) is 99.4 Å². The summed E-state index contributed by atoms with van der Waals surface area (Å²) in [5, 5.41) is 2.85. The average molecular weight is 636 g/mol. The van der Waals surface area contributed by atoms with E-state index in [2.05, 4.69) is 21.2 Å². The molecule has 1 fully saturated rings. The maximum atomic E-state index is 13.3. The number of amides is 4. The minimum Gasteiger partial charge on any atom is -0.489 e. The third kappa shape index (κ3) is 6.82. The van der Waals surface area contributed by atoms with Crippen molar-refractivity contribution in [3.05, 3.63) is 129 Å². The zero-order valence-corrected chi connectivity index (χ0v) is 23.6. The van der Waals surface area contributed by atoms with Crippen molar-refractivity contribution in [3.8, 4) is 11.5 Å². The van der Waals surface area contributed by atoms with Gasteiger partial charge in [-0.2, -0.15) is 0 Å². The molecule has 1 N–H and O–H groups in total. The Bertz CT molecular complexity index is 1640. The van der Waals surface area contributed by atoms with Gasteiger partial charge in [-0.15, -0.1) is 0 Å². The Morgan fingerprint density at radius 1 is 0.829 bits per heavy atom. The van der Waals surface area contributed by atoms with Gasteiger partial charge in [0.1, 0.15) is 36.1 Å². The molecule has 0 aromatic heterocycles. The first kappa shape index (κ1) is 28.1. The first-order chi connectivity index (χ1) is 19.8. The lowest BCUT2D eigenvalue weighted by Crippen LogP contribution is -2.54. The molecule has 0 aliphatic carbocycles. The van der Waals surface area contributed by atoms with Gasteiger partial charge >= 0.3 is 6.03 Å². The molecular formula is C31H21BrClFN2O5. The first-order valence-electron chi connectivity index (χ1n) is 12.3. The Hall–Kier alpha value is -4.47. The van der Waals surface area contributed by atoms with E-state index in [0.29, 0.717) is 33.2 Å². The van der Waals surface area contributed by atoms with Gasteiger partial charge in [0.2, 0.25) is 0 Å². The molecule has 1 saturated heterocycles. The fourth-order valence-corrected chi connectivity index (χ4v) is 4.60. The molecule has 1 aliphatic heterocycles. The second kappa shape index (κ2) is 12.4. The largest absolute Gasteiger partial charge is 0.489 e. The fraction of sp³-hybridized carbons (Fsp3) is 0.0645. The highest BCUT2D eigenvalue weighted by molar-refractivity contribution is 9.10. The smallest absolute Gasteiger partial charge is 0.335 e. The van der Waals surface area contributed by atoms with Gasteiger partial charge in [-0.25, -0.2) is 14.1 Å². The van der Waals surface area contributed by atoms with Gasteiger partial charge in [-0.3, -0.25) is 14.9 Å². The van der Waals surface area contributed by atoms with Gasteiger partial charge in [0.05, 0.1) is 10.2 Å². The molecule has 4 aromatic carbocycles. The number of hydrogen-bond donors (Lipinski definition) is 1. The number of anilines is 1. The van der Waals surface area contributed by atoms with E-state index in [9.17, 15) is 18.8 Å². The molecule has 0 bridgehead atoms. The highest BCUT2D eigenvalue weighted by Gasteiger charge is 2.36. The SMILES string of the molecule is O=C1NC(=O)N(c2ccc(OCc3ccc(Cl)cc3)cc2)C(=O)/C1=C/c1ccc(OCc2ccc(F)cc2)c(Br)c1. The average Bonchev–Trinajstić information content (AvgIpc) is 2.96. The number of barbiturate groups is 1. The summed E-state index contributed by atoms with van der Waals surface area (Å²) in [7, 11) is 0. The molecule has 4 aromatic rings. The Morgan fingerprint density at radius 3 is 2.12 bits per heavy atom. The number of benzene rings is 4. The van der Waals surface area contributed by atoms with Crippen LogP contribution in [0.5, 0.6) is 11.5 Å². The molecule has 7 nitrogen and oxygen atoms in total. The minimum absolute atomic E-state index is 0.209. The predicted octanol–water partition coefficient (Wildman–Crippen LogP) is 7.07. The molecule has 0 spiro atoms. The molecule has 0 unspecified atom stereocenters. The van der Waals surface area contributed by atoms with E-state index >= 15 is 0 Å². The number of nitrogens with zero attached hydrogens (tertiary/aromatic N) is 1. The third-order valence-corrected chi connectivity index (χ3v) is 6.96. The summed E-state index contributed by atoms with van der Waals surface area (Å²) in [6.07, 6.45) is 1.40. The van der Waals surface area contributed by atoms with Crippen LogP contribution in [0.25, 0.3) is 6.08 Å². The number of rotatable bonds is 8. The zero-order chi connectivity index (χ0) is 28.9. The lowest BCUT2D eigenvalue weighted by Gasteiger charge is -2.26. The van der Waals surface area contributed by atoms with Crippen LogP contribution in [-0.4, -0.2) is 17.8 Å². The Kier molecular flexibility index (Phi) is 8.47. The van der Waals surface area contributed by atoms with E-state index in [4.69, 9.17) is 21.1 Å². The lowest BCUT2D eigenvalue weighted by molar-refractivity contribution is -0.122. The van der Waals surface area contributed by atoms with Gasteiger partial charge in [-0.1, -0.05) is 41.9 Å². The predicted molar refractivity (Wildman–Crippen MR) is 156 cm³/mol. The molecule has 0 saturated carbocycles. The van der Waals surface area contributed by atoms with Crippen molar-refractivity contribution in [2.45, 2.75) is 13.2 Å². The molecule has 1 heterocycles. The van der Waals surface area contributed by atoms with Crippen LogP contribution >= 0.6 is 27.5 Å². The molecule has 206 valence electrons. The van der Waals surface area contributed by atoms with Crippen LogP contribution in [-0.2, 0) is 22.8 Å². The molecule has 1 aliphatic rings. The van der Waals surface area contributed by atoms with Crippen LogP contribution < -0.4 is 19.7 Å². The standard InChI is InChI=1S/C31H21BrClFN2O5/c32-27-16-21(5-14-28(27)41-18-20-3-8-23(34)9-4-20)15-26-29(37)35-31(39)36(30(26)38)24-10-12-25(13-11-24)40-17-19-1-6-22(33)7-2-19/h1-16H,17-18H2,(H,35,37,39)/b26-15+. The van der Waals surface area contributed by atoms with Crippen LogP contribution in [0.15, 0.2) is 101 Å². The zero-order valence-electron chi connectivity index (χ0n) is 21.3. The molecule has 10 heteroatoms. The molecular weight excluding hydrogens is 615 g/mol. The molecule has 0 atom stereocenters. The monoisotopic (exact) mass is 634 g/mol. The van der Waals surface area contributed by atoms with Crippen LogP contribution in [0.3, 0.4) is 0 Å². The lowest BCUT2D eigenvalue weighted by atomic mass is 10.1. The van der Waals surface area contributed by atoms with Crippen molar-refractivity contribution in [1.29, 1.82) is 0 Å². The summed E-state index contributed by atoms with van der Waals surface area (Å²) in [5.41, 5.74) is 2.32. The molecule has 5 rings (SSSR count). The number of ether oxygens (including phenoxy) is 2. The maximum absolute atomic E-state index is 13.3. The maximum Gasteiger partial charge on any atom is 0.335 e. The highest BCUT2D eigenvalue weighted by atomic mass is 79.9. The molecule has 0 radical (unpaired) electrons. The highest BCUT2D eigenvalue weighted by Crippen LogP contribution is 2.29. The van der Waals surface area contributed by atoms with E-state index in [1.807, 2.05) is 12.1 Å². The summed E-state index contributed by atoms with van der Waals surface area (Å²) in [6, 6.07) is 23.8. The van der Waals surface area contributed by atoms with Gasteiger partial charge in [0.15, 0.2) is 0 Å². The number of carbonyl (C=O) groups excluding carboxylic acids is 3. The van der Waals surface area contributed by atoms with Crippen LogP contribution in [0.1, 0.15) is 16.7 Å². The van der Waals surface area contributed by atoms with Crippen molar-refractivity contribution in [2.24, 2.45) is 0 Å². The fourth-order valence-electron chi connectivity index (χ4n) is 3.96. The Labute approximate surface area is 248 Å². The van der Waals surface area contributed by atoms with Gasteiger partial charge < -0.3 is 9.47 Å². The van der Waals surface area contributed by atoms with E-state index in [1.165, 1.54) is 18.2 Å². The molecule has 41 heavy (non-hydrogen) atoms. The minimum atomic E-state index is -0.849. The van der Waals surface area contributed by atoms with Crippen LogP contribution in [0, 0.1) is 5.82 Å². The van der Waals surface area contributed by atoms with Gasteiger partial charge in [0.25, 0.3) is 11.8 Å². The normalized spacial score (nSPS) is 14.3. The number of urea groups is 1. The number of nitrogens with one attached hydrogen (secondary N) is 1. The van der Waals surface area contributed by atoms with E-state index in [-0.39, 0.29) is 23.7 Å². The summed E-state index contributed by atoms with van der Waals surface area (Å²) in [4.78, 5) is 39.4. The van der Waals surface area contributed by atoms with Crippen molar-refractivity contribution >= 4 is 57.1 Å². The number of hydrogen-bond acceptors (Lipinski definition) is 5. The third-order valence-electron chi connectivity index (χ3n) is 6.09. The van der Waals surface area contributed by atoms with E-state index < -0.39 is 17.8 Å². The number of carbonyl (C=O) groups is 3. The second-order valence-corrected chi connectivity index (χ2v) is 10.3. The topological polar surface area (TPSA) is 84.9 Å². The number of imide groups is 2. The Balaban J connectivity index is 1.28. The second-order valence-electron chi connectivity index (χ2n) is 8.97. The summed E-state index contributed by atoms with van der Waals surface area (Å²) >= 11 is 9.35. The van der Waals surface area contributed by atoms with Crippen molar-refractivity contribution < 1.29 is 28.2 Å². The van der Waals surface area contributed by atoms with Crippen molar-refractivity contribution in [1.82, 2.24) is 5.32 Å². The van der Waals surface area contributed by atoms with Crippen LogP contribution in [0.4, 0.5) is 14.9 Å².